The Balaban J connectivity index is 1.46. The van der Waals surface area contributed by atoms with Gasteiger partial charge in [0.25, 0.3) is 0 Å². The second-order valence-electron chi connectivity index (χ2n) is 7.39. The molecule has 0 atom stereocenters. The van der Waals surface area contributed by atoms with Crippen LogP contribution in [0.2, 0.25) is 5.02 Å². The van der Waals surface area contributed by atoms with E-state index < -0.39 is 0 Å². The highest BCUT2D eigenvalue weighted by atomic mass is 35.5. The molecule has 0 spiro atoms. The summed E-state index contributed by atoms with van der Waals surface area (Å²) < 4.78 is 15.0. The van der Waals surface area contributed by atoms with E-state index in [9.17, 15) is 4.39 Å². The first-order valence-corrected chi connectivity index (χ1v) is 11.0. The molecule has 0 unspecified atom stereocenters. The minimum atomic E-state index is -0.358. The second-order valence-corrected chi connectivity index (χ2v) is 8.19. The standard InChI is InChI=1S/C25H22ClFN4S/c26-23-15-22(27)12-11-21(23)18-31-14-13-24(29-31)28-25(32)30(16-19-7-3-1-4-8-19)17-20-9-5-2-6-10-20/h1-15H,16-18H2,(H,28,29,32). The molecule has 4 nitrogen and oxygen atoms in total. The Labute approximate surface area is 197 Å². The van der Waals surface area contributed by atoms with Crippen LogP contribution in [0.1, 0.15) is 16.7 Å². The van der Waals surface area contributed by atoms with E-state index in [1.165, 1.54) is 23.3 Å². The van der Waals surface area contributed by atoms with Crippen molar-refractivity contribution in [1.82, 2.24) is 14.7 Å². The van der Waals surface area contributed by atoms with Gasteiger partial charge < -0.3 is 10.2 Å². The number of aromatic nitrogens is 2. The summed E-state index contributed by atoms with van der Waals surface area (Å²) in [5.41, 5.74) is 3.13. The SMILES string of the molecule is Fc1ccc(Cn2ccc(NC(=S)N(Cc3ccccc3)Cc3ccccc3)n2)c(Cl)c1. The lowest BCUT2D eigenvalue weighted by Gasteiger charge is -2.25. The van der Waals surface area contributed by atoms with E-state index >= 15 is 0 Å². The molecule has 0 bridgehead atoms. The second kappa shape index (κ2) is 10.4. The van der Waals surface area contributed by atoms with Crippen molar-refractivity contribution in [3.8, 4) is 0 Å². The summed E-state index contributed by atoms with van der Waals surface area (Å²) in [5.74, 6) is 0.281. The molecule has 0 amide bonds. The summed E-state index contributed by atoms with van der Waals surface area (Å²) in [6, 6.07) is 26.7. The summed E-state index contributed by atoms with van der Waals surface area (Å²) in [5, 5.41) is 8.75. The fourth-order valence-electron chi connectivity index (χ4n) is 3.34. The molecular weight excluding hydrogens is 443 g/mol. The van der Waals surface area contributed by atoms with Crippen molar-refractivity contribution >= 4 is 34.7 Å². The molecule has 0 aliphatic heterocycles. The number of nitrogens with one attached hydrogen (secondary N) is 1. The molecule has 1 N–H and O–H groups in total. The molecule has 7 heteroatoms. The quantitative estimate of drug-likeness (QED) is 0.334. The largest absolute Gasteiger partial charge is 0.340 e. The van der Waals surface area contributed by atoms with E-state index in [0.29, 0.717) is 35.6 Å². The number of benzene rings is 3. The summed E-state index contributed by atoms with van der Waals surface area (Å²) in [6.07, 6.45) is 1.84. The van der Waals surface area contributed by atoms with E-state index in [1.807, 2.05) is 48.7 Å². The maximum atomic E-state index is 13.3. The normalized spacial score (nSPS) is 10.7. The van der Waals surface area contributed by atoms with Crippen LogP contribution in [-0.2, 0) is 19.6 Å². The molecule has 0 radical (unpaired) electrons. The fourth-order valence-corrected chi connectivity index (χ4v) is 3.80. The van der Waals surface area contributed by atoms with Crippen LogP contribution >= 0.6 is 23.8 Å². The zero-order valence-corrected chi connectivity index (χ0v) is 18.9. The third-order valence-electron chi connectivity index (χ3n) is 4.94. The maximum Gasteiger partial charge on any atom is 0.175 e. The Morgan fingerprint density at radius 2 is 1.56 bits per heavy atom. The van der Waals surface area contributed by atoms with Crippen LogP contribution in [0.4, 0.5) is 10.2 Å². The van der Waals surface area contributed by atoms with Gasteiger partial charge in [0.1, 0.15) is 5.82 Å². The van der Waals surface area contributed by atoms with Crippen LogP contribution in [0.3, 0.4) is 0 Å². The molecular formula is C25H22ClFN4S. The van der Waals surface area contributed by atoms with Crippen LogP contribution in [-0.4, -0.2) is 19.8 Å². The molecule has 4 aromatic rings. The van der Waals surface area contributed by atoms with Crippen LogP contribution in [0.25, 0.3) is 0 Å². The lowest BCUT2D eigenvalue weighted by atomic mass is 10.2. The van der Waals surface area contributed by atoms with E-state index in [-0.39, 0.29) is 5.82 Å². The molecule has 3 aromatic carbocycles. The summed E-state index contributed by atoms with van der Waals surface area (Å²) in [4.78, 5) is 2.11. The van der Waals surface area contributed by atoms with Crippen LogP contribution < -0.4 is 5.32 Å². The van der Waals surface area contributed by atoms with Crippen molar-refractivity contribution in [3.05, 3.63) is 119 Å². The van der Waals surface area contributed by atoms with E-state index in [4.69, 9.17) is 23.8 Å². The lowest BCUT2D eigenvalue weighted by Crippen LogP contribution is -2.34. The third-order valence-corrected chi connectivity index (χ3v) is 5.65. The Morgan fingerprint density at radius 1 is 0.938 bits per heavy atom. The van der Waals surface area contributed by atoms with Crippen molar-refractivity contribution < 1.29 is 4.39 Å². The number of hydrogen-bond acceptors (Lipinski definition) is 2. The van der Waals surface area contributed by atoms with Crippen molar-refractivity contribution in [1.29, 1.82) is 0 Å². The first kappa shape index (κ1) is 22.0. The van der Waals surface area contributed by atoms with Gasteiger partial charge >= 0.3 is 0 Å². The molecule has 0 fully saturated rings. The Kier molecular flexibility index (Phi) is 7.14. The Bertz CT molecular complexity index is 1140. The average molecular weight is 465 g/mol. The van der Waals surface area contributed by atoms with Crippen molar-refractivity contribution in [2.75, 3.05) is 5.32 Å². The molecule has 4 rings (SSSR count). The predicted molar refractivity (Wildman–Crippen MR) is 131 cm³/mol. The van der Waals surface area contributed by atoms with Gasteiger partial charge in [0.2, 0.25) is 0 Å². The maximum absolute atomic E-state index is 13.3. The molecule has 162 valence electrons. The van der Waals surface area contributed by atoms with E-state index in [0.717, 1.165) is 5.56 Å². The van der Waals surface area contributed by atoms with Crippen molar-refractivity contribution in [3.63, 3.8) is 0 Å². The minimum absolute atomic E-state index is 0.358. The number of rotatable bonds is 7. The van der Waals surface area contributed by atoms with Crippen LogP contribution in [0.5, 0.6) is 0 Å². The highest BCUT2D eigenvalue weighted by Crippen LogP contribution is 2.19. The van der Waals surface area contributed by atoms with E-state index in [2.05, 4.69) is 39.6 Å². The smallest absolute Gasteiger partial charge is 0.175 e. The third kappa shape index (κ3) is 5.93. The Hall–Kier alpha value is -3.22. The predicted octanol–water partition coefficient (Wildman–Crippen LogP) is 6.12. The molecule has 0 aliphatic rings. The molecule has 0 aliphatic carbocycles. The van der Waals surface area contributed by atoms with Gasteiger partial charge in [-0.1, -0.05) is 78.3 Å². The highest BCUT2D eigenvalue weighted by molar-refractivity contribution is 7.80. The summed E-state index contributed by atoms with van der Waals surface area (Å²) in [7, 11) is 0. The van der Waals surface area contributed by atoms with Gasteiger partial charge in [-0.15, -0.1) is 0 Å². The van der Waals surface area contributed by atoms with E-state index in [1.54, 1.807) is 10.7 Å². The number of thiocarbonyl (C=S) groups is 1. The van der Waals surface area contributed by atoms with Crippen molar-refractivity contribution in [2.24, 2.45) is 0 Å². The minimum Gasteiger partial charge on any atom is -0.340 e. The monoisotopic (exact) mass is 464 g/mol. The number of nitrogens with zero attached hydrogens (tertiary/aromatic N) is 3. The van der Waals surface area contributed by atoms with Gasteiger partial charge in [-0.2, -0.15) is 5.10 Å². The lowest BCUT2D eigenvalue weighted by molar-refractivity contribution is 0.412. The van der Waals surface area contributed by atoms with Crippen LogP contribution in [0.15, 0.2) is 91.1 Å². The van der Waals surface area contributed by atoms with Gasteiger partial charge in [0.15, 0.2) is 10.9 Å². The van der Waals surface area contributed by atoms with Gasteiger partial charge in [0, 0.05) is 30.4 Å². The van der Waals surface area contributed by atoms with Gasteiger partial charge in [-0.05, 0) is 41.0 Å². The number of anilines is 1. The van der Waals surface area contributed by atoms with Gasteiger partial charge in [-0.3, -0.25) is 4.68 Å². The van der Waals surface area contributed by atoms with Crippen molar-refractivity contribution in [2.45, 2.75) is 19.6 Å². The highest BCUT2D eigenvalue weighted by Gasteiger charge is 2.13. The topological polar surface area (TPSA) is 33.1 Å². The zero-order valence-electron chi connectivity index (χ0n) is 17.3. The first-order chi connectivity index (χ1) is 15.6. The summed E-state index contributed by atoms with van der Waals surface area (Å²) in [6.45, 7) is 1.78. The summed E-state index contributed by atoms with van der Waals surface area (Å²) >= 11 is 11.9. The molecule has 0 saturated heterocycles. The molecule has 1 heterocycles. The Morgan fingerprint density at radius 3 is 2.16 bits per heavy atom. The van der Waals surface area contributed by atoms with Gasteiger partial charge in [0.05, 0.1) is 6.54 Å². The average Bonchev–Trinajstić information content (AvgIpc) is 3.23. The molecule has 1 aromatic heterocycles. The van der Waals surface area contributed by atoms with Crippen LogP contribution in [0, 0.1) is 5.82 Å². The first-order valence-electron chi connectivity index (χ1n) is 10.2. The van der Waals surface area contributed by atoms with Gasteiger partial charge in [-0.25, -0.2) is 4.39 Å². The molecule has 32 heavy (non-hydrogen) atoms. The number of halogens is 2. The zero-order chi connectivity index (χ0) is 22.3. The molecule has 0 saturated carbocycles. The number of hydrogen-bond donors (Lipinski definition) is 1. The fraction of sp³-hybridized carbons (Fsp3) is 0.120.